The Hall–Kier alpha value is -1.88. The molecule has 0 fully saturated rings. The molecule has 0 aliphatic carbocycles. The first-order valence-electron chi connectivity index (χ1n) is 4.74. The maximum absolute atomic E-state index is 11.2. The summed E-state index contributed by atoms with van der Waals surface area (Å²) in [6.45, 7) is 0.846. The molecule has 2 rings (SSSR count). The smallest absolute Gasteiger partial charge is 0.347 e. The highest BCUT2D eigenvalue weighted by Gasteiger charge is 2.29. The molecule has 0 aromatic heterocycles. The summed E-state index contributed by atoms with van der Waals surface area (Å²) in [5.74, 6) is -0.719. The van der Waals surface area contributed by atoms with Gasteiger partial charge < -0.3 is 14.2 Å². The number of hydrogen-bond donors (Lipinski definition) is 0. The molecule has 0 atom stereocenters. The molecule has 0 spiro atoms. The maximum Gasteiger partial charge on any atom is 0.347 e. The number of carbonyl (C=O) groups is 2. The van der Waals surface area contributed by atoms with Crippen LogP contribution in [0.2, 0.25) is 0 Å². The van der Waals surface area contributed by atoms with Gasteiger partial charge in [-0.3, -0.25) is 0 Å². The van der Waals surface area contributed by atoms with Gasteiger partial charge in [-0.2, -0.15) is 0 Å². The minimum absolute atomic E-state index is 0.250. The summed E-state index contributed by atoms with van der Waals surface area (Å²) in [5, 5.41) is 0. The number of methoxy groups -OCH3 is 1. The van der Waals surface area contributed by atoms with Gasteiger partial charge in [-0.25, -0.2) is 9.59 Å². The Bertz CT molecular complexity index is 438. The Morgan fingerprint density at radius 2 is 1.88 bits per heavy atom. The van der Waals surface area contributed by atoms with Gasteiger partial charge in [0.05, 0.1) is 17.7 Å². The van der Waals surface area contributed by atoms with Crippen molar-refractivity contribution in [1.82, 2.24) is 0 Å². The minimum atomic E-state index is -0.628. The van der Waals surface area contributed by atoms with Gasteiger partial charge in [-0.15, -0.1) is 0 Å². The normalized spacial score (nSPS) is 13.6. The monoisotopic (exact) mass is 222 g/mol. The number of hydrogen-bond acceptors (Lipinski definition) is 5. The summed E-state index contributed by atoms with van der Waals surface area (Å²) in [4.78, 5) is 22.4. The molecule has 0 radical (unpaired) electrons. The van der Waals surface area contributed by atoms with Gasteiger partial charge in [-0.05, 0) is 18.2 Å². The van der Waals surface area contributed by atoms with E-state index in [1.807, 2.05) is 0 Å². The van der Waals surface area contributed by atoms with E-state index in [1.54, 1.807) is 13.2 Å². The standard InChI is InChI=1S/C11H10O5/c1-14-4-5-15-7-2-3-8-9(6-7)11(13)16-10(8)12/h2-3,6H,4-5H2,1H3. The summed E-state index contributed by atoms with van der Waals surface area (Å²) >= 11 is 0. The van der Waals surface area contributed by atoms with Crippen LogP contribution in [-0.4, -0.2) is 32.3 Å². The number of carbonyl (C=O) groups excluding carboxylic acids is 2. The summed E-state index contributed by atoms with van der Waals surface area (Å²) in [6, 6.07) is 4.64. The molecule has 0 saturated heterocycles. The van der Waals surface area contributed by atoms with Crippen LogP contribution in [0.1, 0.15) is 20.7 Å². The van der Waals surface area contributed by atoms with Gasteiger partial charge in [0.1, 0.15) is 12.4 Å². The van der Waals surface area contributed by atoms with E-state index in [0.29, 0.717) is 19.0 Å². The molecule has 0 bridgehead atoms. The second kappa shape index (κ2) is 4.32. The lowest BCUT2D eigenvalue weighted by molar-refractivity contribution is 0.0443. The molecule has 5 nitrogen and oxygen atoms in total. The Morgan fingerprint density at radius 1 is 1.12 bits per heavy atom. The molecule has 1 aromatic carbocycles. The largest absolute Gasteiger partial charge is 0.491 e. The highest BCUT2D eigenvalue weighted by molar-refractivity contribution is 6.14. The van der Waals surface area contributed by atoms with Gasteiger partial charge in [0.2, 0.25) is 0 Å². The molecule has 0 amide bonds. The highest BCUT2D eigenvalue weighted by Crippen LogP contribution is 2.24. The lowest BCUT2D eigenvalue weighted by Gasteiger charge is -2.05. The van der Waals surface area contributed by atoms with E-state index < -0.39 is 11.9 Å². The average Bonchev–Trinajstić information content (AvgIpc) is 2.55. The third-order valence-corrected chi connectivity index (χ3v) is 2.17. The van der Waals surface area contributed by atoms with Gasteiger partial charge in [-0.1, -0.05) is 0 Å². The average molecular weight is 222 g/mol. The van der Waals surface area contributed by atoms with Crippen molar-refractivity contribution in [3.8, 4) is 5.75 Å². The van der Waals surface area contributed by atoms with Gasteiger partial charge >= 0.3 is 11.9 Å². The second-order valence-corrected chi connectivity index (χ2v) is 3.23. The molecular formula is C11H10O5. The fourth-order valence-electron chi connectivity index (χ4n) is 1.40. The Balaban J connectivity index is 2.16. The molecule has 1 aromatic rings. The fraction of sp³-hybridized carbons (Fsp3) is 0.273. The zero-order chi connectivity index (χ0) is 11.5. The summed E-state index contributed by atoms with van der Waals surface area (Å²) in [5.41, 5.74) is 0.531. The van der Waals surface area contributed by atoms with E-state index in [4.69, 9.17) is 9.47 Å². The second-order valence-electron chi connectivity index (χ2n) is 3.23. The summed E-state index contributed by atoms with van der Waals surface area (Å²) in [7, 11) is 1.57. The number of rotatable bonds is 4. The molecule has 5 heteroatoms. The van der Waals surface area contributed by atoms with Crippen LogP contribution in [-0.2, 0) is 9.47 Å². The molecule has 16 heavy (non-hydrogen) atoms. The van der Waals surface area contributed by atoms with Crippen molar-refractivity contribution in [3.63, 3.8) is 0 Å². The minimum Gasteiger partial charge on any atom is -0.491 e. The third kappa shape index (κ3) is 1.90. The van der Waals surface area contributed by atoms with Crippen LogP contribution < -0.4 is 4.74 Å². The van der Waals surface area contributed by atoms with Crippen molar-refractivity contribution < 1.29 is 23.8 Å². The van der Waals surface area contributed by atoms with E-state index in [0.717, 1.165) is 0 Å². The number of cyclic esters (lactones) is 2. The van der Waals surface area contributed by atoms with E-state index in [2.05, 4.69) is 4.74 Å². The molecule has 1 aliphatic rings. The van der Waals surface area contributed by atoms with Crippen LogP contribution >= 0.6 is 0 Å². The van der Waals surface area contributed by atoms with Crippen LogP contribution in [0.4, 0.5) is 0 Å². The first-order valence-corrected chi connectivity index (χ1v) is 4.74. The lowest BCUT2D eigenvalue weighted by Crippen LogP contribution is -2.04. The van der Waals surface area contributed by atoms with Gasteiger partial charge in [0.15, 0.2) is 0 Å². The number of benzene rings is 1. The van der Waals surface area contributed by atoms with Gasteiger partial charge in [0, 0.05) is 7.11 Å². The van der Waals surface area contributed by atoms with Crippen molar-refractivity contribution in [2.45, 2.75) is 0 Å². The lowest BCUT2D eigenvalue weighted by atomic mass is 10.1. The quantitative estimate of drug-likeness (QED) is 0.432. The van der Waals surface area contributed by atoms with Crippen molar-refractivity contribution in [1.29, 1.82) is 0 Å². The molecule has 0 N–H and O–H groups in total. The Labute approximate surface area is 91.9 Å². The number of fused-ring (bicyclic) bond motifs is 1. The van der Waals surface area contributed by atoms with E-state index in [9.17, 15) is 9.59 Å². The Morgan fingerprint density at radius 3 is 2.62 bits per heavy atom. The maximum atomic E-state index is 11.2. The molecule has 1 heterocycles. The Kier molecular flexibility index (Phi) is 2.87. The van der Waals surface area contributed by atoms with E-state index in [-0.39, 0.29) is 11.1 Å². The topological polar surface area (TPSA) is 61.8 Å². The number of esters is 2. The first-order chi connectivity index (χ1) is 7.72. The SMILES string of the molecule is COCCOc1ccc2c(c1)C(=O)OC2=O. The molecule has 1 aliphatic heterocycles. The molecular weight excluding hydrogens is 212 g/mol. The van der Waals surface area contributed by atoms with Crippen LogP contribution in [0.3, 0.4) is 0 Å². The summed E-state index contributed by atoms with van der Waals surface area (Å²) in [6.07, 6.45) is 0. The van der Waals surface area contributed by atoms with Crippen molar-refractivity contribution in [2.24, 2.45) is 0 Å². The predicted molar refractivity (Wildman–Crippen MR) is 53.6 cm³/mol. The fourth-order valence-corrected chi connectivity index (χ4v) is 1.40. The van der Waals surface area contributed by atoms with Crippen molar-refractivity contribution >= 4 is 11.9 Å². The zero-order valence-electron chi connectivity index (χ0n) is 8.69. The molecule has 0 saturated carbocycles. The van der Waals surface area contributed by atoms with Crippen LogP contribution in [0.5, 0.6) is 5.75 Å². The zero-order valence-corrected chi connectivity index (χ0v) is 8.69. The van der Waals surface area contributed by atoms with Gasteiger partial charge in [0.25, 0.3) is 0 Å². The van der Waals surface area contributed by atoms with Crippen LogP contribution in [0, 0.1) is 0 Å². The third-order valence-electron chi connectivity index (χ3n) is 2.17. The van der Waals surface area contributed by atoms with E-state index in [1.165, 1.54) is 12.1 Å². The number of ether oxygens (including phenoxy) is 3. The van der Waals surface area contributed by atoms with Crippen molar-refractivity contribution in [3.05, 3.63) is 29.3 Å². The molecule has 0 unspecified atom stereocenters. The van der Waals surface area contributed by atoms with Crippen molar-refractivity contribution in [2.75, 3.05) is 20.3 Å². The highest BCUT2D eigenvalue weighted by atomic mass is 16.6. The first kappa shape index (κ1) is 10.6. The van der Waals surface area contributed by atoms with Crippen LogP contribution in [0.15, 0.2) is 18.2 Å². The van der Waals surface area contributed by atoms with Crippen LogP contribution in [0.25, 0.3) is 0 Å². The van der Waals surface area contributed by atoms with E-state index >= 15 is 0 Å². The molecule has 84 valence electrons. The predicted octanol–water partition coefficient (Wildman–Crippen LogP) is 1.02. The summed E-state index contributed by atoms with van der Waals surface area (Å²) < 4.78 is 14.6.